The van der Waals surface area contributed by atoms with Gasteiger partial charge in [-0.2, -0.15) is 0 Å². The van der Waals surface area contributed by atoms with Crippen LogP contribution in [0.2, 0.25) is 0 Å². The van der Waals surface area contributed by atoms with Gasteiger partial charge in [0.05, 0.1) is 4.88 Å². The molecule has 0 aliphatic carbocycles. The average Bonchev–Trinajstić information content (AvgIpc) is 3.00. The maximum absolute atomic E-state index is 11.9. The van der Waals surface area contributed by atoms with E-state index in [1.165, 1.54) is 16.2 Å². The van der Waals surface area contributed by atoms with Gasteiger partial charge in [-0.15, -0.1) is 11.3 Å². The van der Waals surface area contributed by atoms with Crippen LogP contribution in [0.5, 0.6) is 0 Å². The molecule has 1 aromatic heterocycles. The molecule has 1 aromatic carbocycles. The van der Waals surface area contributed by atoms with Gasteiger partial charge in [-0.25, -0.2) is 0 Å². The molecule has 0 fully saturated rings. The normalized spacial score (nSPS) is 9.91. The first-order valence-corrected chi connectivity index (χ1v) is 7.73. The Bertz CT molecular complexity index is 697. The third kappa shape index (κ3) is 4.12. The van der Waals surface area contributed by atoms with Gasteiger partial charge in [-0.3, -0.25) is 14.9 Å². The van der Waals surface area contributed by atoms with Crippen LogP contribution in [0, 0.1) is 0 Å². The van der Waals surface area contributed by atoms with E-state index in [0.29, 0.717) is 16.1 Å². The Labute approximate surface area is 137 Å². The highest BCUT2D eigenvalue weighted by Crippen LogP contribution is 2.12. The molecule has 0 saturated heterocycles. The van der Waals surface area contributed by atoms with Crippen molar-refractivity contribution >= 4 is 46.2 Å². The molecule has 0 radical (unpaired) electrons. The zero-order valence-corrected chi connectivity index (χ0v) is 13.8. The minimum atomic E-state index is -0.256. The third-order valence-electron chi connectivity index (χ3n) is 2.75. The van der Waals surface area contributed by atoms with E-state index in [4.69, 9.17) is 12.2 Å². The molecule has 0 unspecified atom stereocenters. The molecule has 1 heterocycles. The summed E-state index contributed by atoms with van der Waals surface area (Å²) in [5, 5.41) is 7.51. The summed E-state index contributed by atoms with van der Waals surface area (Å²) in [5.41, 5.74) is 1.19. The lowest BCUT2D eigenvalue weighted by molar-refractivity contribution is 0.0827. The van der Waals surface area contributed by atoms with Crippen molar-refractivity contribution in [2.75, 3.05) is 19.4 Å². The predicted octanol–water partition coefficient (Wildman–Crippen LogP) is 2.58. The van der Waals surface area contributed by atoms with Gasteiger partial charge in [0.2, 0.25) is 0 Å². The van der Waals surface area contributed by atoms with Gasteiger partial charge in [-0.05, 0) is 41.9 Å². The Kier molecular flexibility index (Phi) is 5.24. The van der Waals surface area contributed by atoms with Crippen LogP contribution >= 0.6 is 23.6 Å². The Morgan fingerprint density at radius 1 is 1.18 bits per heavy atom. The number of benzene rings is 1. The molecule has 0 aliphatic rings. The molecule has 0 spiro atoms. The van der Waals surface area contributed by atoms with Crippen LogP contribution in [0.3, 0.4) is 0 Å². The maximum atomic E-state index is 11.9. The third-order valence-corrected chi connectivity index (χ3v) is 3.82. The molecule has 2 amide bonds. The number of anilines is 1. The molecular weight excluding hydrogens is 318 g/mol. The highest BCUT2D eigenvalue weighted by atomic mass is 32.1. The summed E-state index contributed by atoms with van der Waals surface area (Å²) in [6.07, 6.45) is 0. The van der Waals surface area contributed by atoms with Crippen molar-refractivity contribution in [2.24, 2.45) is 0 Å². The van der Waals surface area contributed by atoms with Gasteiger partial charge in [0.1, 0.15) is 0 Å². The van der Waals surface area contributed by atoms with Gasteiger partial charge in [0.15, 0.2) is 5.11 Å². The van der Waals surface area contributed by atoms with E-state index in [1.54, 1.807) is 50.5 Å². The van der Waals surface area contributed by atoms with Crippen LogP contribution in [0.15, 0.2) is 41.8 Å². The number of hydrogen-bond donors (Lipinski definition) is 2. The number of nitrogens with one attached hydrogen (secondary N) is 2. The van der Waals surface area contributed by atoms with Crippen molar-refractivity contribution < 1.29 is 9.59 Å². The number of thiocarbonyl (C=S) groups is 1. The topological polar surface area (TPSA) is 61.4 Å². The number of amides is 2. The zero-order valence-electron chi connectivity index (χ0n) is 12.1. The number of carbonyl (C=O) groups is 2. The lowest BCUT2D eigenvalue weighted by Gasteiger charge is -2.12. The fourth-order valence-electron chi connectivity index (χ4n) is 1.72. The quantitative estimate of drug-likeness (QED) is 0.848. The highest BCUT2D eigenvalue weighted by Gasteiger charge is 2.11. The largest absolute Gasteiger partial charge is 0.345 e. The van der Waals surface area contributed by atoms with Crippen LogP contribution in [0.1, 0.15) is 20.0 Å². The van der Waals surface area contributed by atoms with Gasteiger partial charge in [-0.1, -0.05) is 12.1 Å². The first kappa shape index (κ1) is 16.1. The molecule has 0 saturated carbocycles. The summed E-state index contributed by atoms with van der Waals surface area (Å²) in [4.78, 5) is 25.9. The number of nitrogens with zero attached hydrogens (tertiary/aromatic N) is 1. The van der Waals surface area contributed by atoms with Crippen LogP contribution in [-0.4, -0.2) is 35.9 Å². The smallest absolute Gasteiger partial charge is 0.267 e. The molecule has 114 valence electrons. The summed E-state index contributed by atoms with van der Waals surface area (Å²) >= 11 is 6.45. The second-order valence-electron chi connectivity index (χ2n) is 4.67. The van der Waals surface area contributed by atoms with Gasteiger partial charge < -0.3 is 10.2 Å². The van der Waals surface area contributed by atoms with Crippen LogP contribution < -0.4 is 10.6 Å². The first-order valence-electron chi connectivity index (χ1n) is 6.45. The van der Waals surface area contributed by atoms with E-state index < -0.39 is 0 Å². The molecule has 2 aromatic rings. The van der Waals surface area contributed by atoms with Crippen molar-refractivity contribution in [2.45, 2.75) is 0 Å². The van der Waals surface area contributed by atoms with E-state index in [9.17, 15) is 9.59 Å². The van der Waals surface area contributed by atoms with E-state index in [1.807, 2.05) is 5.38 Å². The Morgan fingerprint density at radius 2 is 1.95 bits per heavy atom. The molecule has 0 atom stereocenters. The fourth-order valence-corrected chi connectivity index (χ4v) is 2.55. The van der Waals surface area contributed by atoms with Crippen LogP contribution in [0.4, 0.5) is 5.69 Å². The minimum absolute atomic E-state index is 0.0998. The number of rotatable bonds is 3. The van der Waals surface area contributed by atoms with Crippen LogP contribution in [0.25, 0.3) is 0 Å². The predicted molar refractivity (Wildman–Crippen MR) is 92.5 cm³/mol. The van der Waals surface area contributed by atoms with E-state index in [-0.39, 0.29) is 16.9 Å². The van der Waals surface area contributed by atoms with Crippen LogP contribution in [-0.2, 0) is 0 Å². The Balaban J connectivity index is 2.01. The van der Waals surface area contributed by atoms with E-state index >= 15 is 0 Å². The van der Waals surface area contributed by atoms with Gasteiger partial charge in [0, 0.05) is 25.3 Å². The van der Waals surface area contributed by atoms with Crippen molar-refractivity contribution in [3.8, 4) is 0 Å². The lowest BCUT2D eigenvalue weighted by atomic mass is 10.2. The number of hydrogen-bond acceptors (Lipinski definition) is 4. The minimum Gasteiger partial charge on any atom is -0.345 e. The maximum Gasteiger partial charge on any atom is 0.267 e. The second kappa shape index (κ2) is 7.15. The Morgan fingerprint density at radius 3 is 2.59 bits per heavy atom. The lowest BCUT2D eigenvalue weighted by Crippen LogP contribution is -2.33. The Hall–Kier alpha value is -2.25. The summed E-state index contributed by atoms with van der Waals surface area (Å²) < 4.78 is 0. The summed E-state index contributed by atoms with van der Waals surface area (Å²) in [5.74, 6) is -0.356. The molecular formula is C15H15N3O2S2. The summed E-state index contributed by atoms with van der Waals surface area (Å²) in [7, 11) is 3.38. The number of thiophene rings is 1. The monoisotopic (exact) mass is 333 g/mol. The van der Waals surface area contributed by atoms with Crippen molar-refractivity contribution in [3.63, 3.8) is 0 Å². The van der Waals surface area contributed by atoms with Gasteiger partial charge in [0.25, 0.3) is 11.8 Å². The highest BCUT2D eigenvalue weighted by molar-refractivity contribution is 7.80. The average molecular weight is 333 g/mol. The van der Waals surface area contributed by atoms with Crippen molar-refractivity contribution in [1.82, 2.24) is 10.2 Å². The first-order chi connectivity index (χ1) is 10.5. The van der Waals surface area contributed by atoms with Gasteiger partial charge >= 0.3 is 0 Å². The SMILES string of the molecule is CN(C)C(=O)c1cccc(NC(=S)NC(=O)c2cccs2)c1. The summed E-state index contributed by atoms with van der Waals surface area (Å²) in [6.45, 7) is 0. The molecule has 22 heavy (non-hydrogen) atoms. The molecule has 0 bridgehead atoms. The summed E-state index contributed by atoms with van der Waals surface area (Å²) in [6, 6.07) is 10.5. The molecule has 2 N–H and O–H groups in total. The van der Waals surface area contributed by atoms with Crippen molar-refractivity contribution in [1.29, 1.82) is 0 Å². The van der Waals surface area contributed by atoms with E-state index in [2.05, 4.69) is 10.6 Å². The fraction of sp³-hybridized carbons (Fsp3) is 0.133. The standard InChI is InChI=1S/C15H15N3O2S2/c1-18(2)14(20)10-5-3-6-11(9-10)16-15(21)17-13(19)12-7-4-8-22-12/h3-9H,1-2H3,(H2,16,17,19,21). The molecule has 0 aliphatic heterocycles. The second-order valence-corrected chi connectivity index (χ2v) is 6.02. The van der Waals surface area contributed by atoms with Crippen molar-refractivity contribution in [3.05, 3.63) is 52.2 Å². The number of carbonyl (C=O) groups excluding carboxylic acids is 2. The molecule has 2 rings (SSSR count). The van der Waals surface area contributed by atoms with E-state index in [0.717, 1.165) is 0 Å². The zero-order chi connectivity index (χ0) is 16.1. The molecule has 5 nitrogen and oxygen atoms in total. The molecule has 7 heteroatoms.